The van der Waals surface area contributed by atoms with Crippen LogP contribution >= 0.6 is 15.9 Å². The molecule has 2 aromatic rings. The smallest absolute Gasteiger partial charge is 0.230 e. The predicted octanol–water partition coefficient (Wildman–Crippen LogP) is 2.64. The molecular weight excluding hydrogens is 336 g/mol. The Bertz CT molecular complexity index is 647. The van der Waals surface area contributed by atoms with E-state index in [0.29, 0.717) is 11.6 Å². The van der Waals surface area contributed by atoms with Crippen LogP contribution in [0.4, 0.5) is 5.82 Å². The van der Waals surface area contributed by atoms with Crippen LogP contribution in [0.1, 0.15) is 24.2 Å². The van der Waals surface area contributed by atoms with E-state index in [2.05, 4.69) is 26.4 Å². The summed E-state index contributed by atoms with van der Waals surface area (Å²) in [6.07, 6.45) is 2.07. The van der Waals surface area contributed by atoms with E-state index in [-0.39, 0.29) is 24.3 Å². The summed E-state index contributed by atoms with van der Waals surface area (Å²) in [6, 6.07) is 9.28. The van der Waals surface area contributed by atoms with Crippen molar-refractivity contribution in [2.45, 2.75) is 24.7 Å². The largest absolute Gasteiger partial charge is 0.395 e. The summed E-state index contributed by atoms with van der Waals surface area (Å²) in [4.78, 5) is 12.0. The van der Waals surface area contributed by atoms with Crippen LogP contribution in [-0.2, 0) is 16.6 Å². The number of aliphatic hydroxyl groups is 1. The fraction of sp³-hybridized carbons (Fsp3) is 0.333. The van der Waals surface area contributed by atoms with Crippen LogP contribution in [0.5, 0.6) is 0 Å². The van der Waals surface area contributed by atoms with E-state index in [9.17, 15) is 9.90 Å². The van der Waals surface area contributed by atoms with Crippen molar-refractivity contribution in [3.8, 4) is 0 Å². The third-order valence-corrected chi connectivity index (χ3v) is 4.26. The summed E-state index contributed by atoms with van der Waals surface area (Å²) in [5.41, 5.74) is 0.648. The number of amides is 1. The zero-order valence-electron chi connectivity index (χ0n) is 11.3. The molecule has 1 amide bonds. The van der Waals surface area contributed by atoms with Crippen LogP contribution < -0.4 is 5.32 Å². The number of aromatic nitrogens is 1. The second kappa shape index (κ2) is 5.61. The highest BCUT2D eigenvalue weighted by molar-refractivity contribution is 9.10. The minimum Gasteiger partial charge on any atom is -0.395 e. The molecule has 21 heavy (non-hydrogen) atoms. The van der Waals surface area contributed by atoms with Crippen LogP contribution in [0.15, 0.2) is 39.3 Å². The summed E-state index contributed by atoms with van der Waals surface area (Å²) in [6.45, 7) is 0.0501. The maximum atomic E-state index is 12.0. The molecule has 1 saturated carbocycles. The second-order valence-electron chi connectivity index (χ2n) is 5.37. The van der Waals surface area contributed by atoms with Crippen molar-refractivity contribution in [2.75, 3.05) is 11.9 Å². The first-order valence-corrected chi connectivity index (χ1v) is 7.53. The fourth-order valence-electron chi connectivity index (χ4n) is 2.19. The number of carbonyl (C=O) groups excluding carboxylic acids is 1. The Balaban J connectivity index is 1.61. The monoisotopic (exact) mass is 350 g/mol. The first kappa shape index (κ1) is 14.3. The number of nitrogens with one attached hydrogen (secondary N) is 1. The van der Waals surface area contributed by atoms with Gasteiger partial charge < -0.3 is 14.9 Å². The van der Waals surface area contributed by atoms with Crippen LogP contribution in [0.3, 0.4) is 0 Å². The Hall–Kier alpha value is -1.66. The van der Waals surface area contributed by atoms with Crippen molar-refractivity contribution < 1.29 is 14.4 Å². The highest BCUT2D eigenvalue weighted by Gasteiger charge is 2.47. The molecule has 0 unspecified atom stereocenters. The van der Waals surface area contributed by atoms with Gasteiger partial charge in [-0.3, -0.25) is 4.79 Å². The van der Waals surface area contributed by atoms with Gasteiger partial charge >= 0.3 is 0 Å². The third kappa shape index (κ3) is 3.16. The first-order valence-electron chi connectivity index (χ1n) is 6.74. The lowest BCUT2D eigenvalue weighted by molar-refractivity contribution is -0.115. The molecule has 0 atom stereocenters. The Labute approximate surface area is 130 Å². The Morgan fingerprint density at radius 2 is 2.10 bits per heavy atom. The minimum absolute atomic E-state index is 0.0501. The molecule has 0 saturated heterocycles. The number of carbonyl (C=O) groups is 1. The highest BCUT2D eigenvalue weighted by Crippen LogP contribution is 2.48. The molecule has 1 aromatic heterocycles. The van der Waals surface area contributed by atoms with E-state index < -0.39 is 0 Å². The molecule has 1 aliphatic carbocycles. The molecule has 0 aliphatic heterocycles. The topological polar surface area (TPSA) is 75.4 Å². The Morgan fingerprint density at radius 3 is 2.71 bits per heavy atom. The average molecular weight is 351 g/mol. The van der Waals surface area contributed by atoms with Gasteiger partial charge in [0, 0.05) is 10.5 Å². The molecule has 1 fully saturated rings. The molecule has 5 nitrogen and oxygen atoms in total. The molecule has 3 rings (SSSR count). The Morgan fingerprint density at radius 1 is 1.38 bits per heavy atom. The van der Waals surface area contributed by atoms with E-state index in [0.717, 1.165) is 22.9 Å². The van der Waals surface area contributed by atoms with Gasteiger partial charge in [-0.2, -0.15) is 0 Å². The number of aliphatic hydroxyl groups excluding tert-OH is 1. The number of rotatable bonds is 5. The van der Waals surface area contributed by atoms with Crippen molar-refractivity contribution in [3.63, 3.8) is 0 Å². The van der Waals surface area contributed by atoms with Crippen LogP contribution in [0.25, 0.3) is 0 Å². The SMILES string of the molecule is O=C(Cc1ccc(Br)cc1)Nc1cc(C2(CO)CC2)on1. The van der Waals surface area contributed by atoms with Gasteiger partial charge in [0.2, 0.25) is 5.91 Å². The second-order valence-corrected chi connectivity index (χ2v) is 6.28. The molecule has 1 heterocycles. The molecular formula is C15H15BrN2O3. The molecule has 2 N–H and O–H groups in total. The van der Waals surface area contributed by atoms with Crippen molar-refractivity contribution in [2.24, 2.45) is 0 Å². The third-order valence-electron chi connectivity index (χ3n) is 3.73. The lowest BCUT2D eigenvalue weighted by Crippen LogP contribution is -2.14. The average Bonchev–Trinajstić information content (AvgIpc) is 3.14. The number of hydrogen-bond acceptors (Lipinski definition) is 4. The van der Waals surface area contributed by atoms with Gasteiger partial charge in [-0.15, -0.1) is 0 Å². The van der Waals surface area contributed by atoms with Crippen molar-refractivity contribution in [1.29, 1.82) is 0 Å². The van der Waals surface area contributed by atoms with Gasteiger partial charge in [0.05, 0.1) is 18.4 Å². The van der Waals surface area contributed by atoms with Crippen LogP contribution in [-0.4, -0.2) is 22.8 Å². The maximum absolute atomic E-state index is 12.0. The Kier molecular flexibility index (Phi) is 3.82. The number of nitrogens with zero attached hydrogens (tertiary/aromatic N) is 1. The van der Waals surface area contributed by atoms with Gasteiger partial charge in [-0.25, -0.2) is 0 Å². The van der Waals surface area contributed by atoms with Crippen molar-refractivity contribution >= 4 is 27.7 Å². The fourth-order valence-corrected chi connectivity index (χ4v) is 2.46. The van der Waals surface area contributed by atoms with Gasteiger partial charge in [-0.05, 0) is 30.5 Å². The molecule has 1 aromatic carbocycles. The summed E-state index contributed by atoms with van der Waals surface area (Å²) in [5, 5.41) is 15.9. The normalized spacial score (nSPS) is 15.7. The zero-order valence-corrected chi connectivity index (χ0v) is 12.9. The number of halogens is 1. The number of benzene rings is 1. The summed E-state index contributed by atoms with van der Waals surface area (Å²) in [5.74, 6) is 0.891. The maximum Gasteiger partial charge on any atom is 0.230 e. The minimum atomic E-state index is -0.276. The highest BCUT2D eigenvalue weighted by atomic mass is 79.9. The summed E-state index contributed by atoms with van der Waals surface area (Å²) >= 11 is 3.36. The standard InChI is InChI=1S/C15H15BrN2O3/c16-11-3-1-10(2-4-11)7-14(20)17-13-8-12(21-18-13)15(9-19)5-6-15/h1-4,8,19H,5-7,9H2,(H,17,18,20). The quantitative estimate of drug-likeness (QED) is 0.869. The number of anilines is 1. The molecule has 6 heteroatoms. The molecule has 0 radical (unpaired) electrons. The molecule has 0 spiro atoms. The van der Waals surface area contributed by atoms with Crippen LogP contribution in [0, 0.1) is 0 Å². The number of hydrogen-bond donors (Lipinski definition) is 2. The van der Waals surface area contributed by atoms with E-state index >= 15 is 0 Å². The molecule has 1 aliphatic rings. The summed E-state index contributed by atoms with van der Waals surface area (Å²) in [7, 11) is 0. The van der Waals surface area contributed by atoms with Gasteiger partial charge in [-0.1, -0.05) is 33.2 Å². The van der Waals surface area contributed by atoms with Gasteiger partial charge in [0.15, 0.2) is 5.82 Å². The lowest BCUT2D eigenvalue weighted by atomic mass is 10.1. The molecule has 0 bridgehead atoms. The van der Waals surface area contributed by atoms with E-state index in [4.69, 9.17) is 4.52 Å². The van der Waals surface area contributed by atoms with Crippen LogP contribution in [0.2, 0.25) is 0 Å². The van der Waals surface area contributed by atoms with Crippen molar-refractivity contribution in [3.05, 3.63) is 46.1 Å². The molecule has 110 valence electrons. The van der Waals surface area contributed by atoms with Gasteiger partial charge in [0.25, 0.3) is 0 Å². The predicted molar refractivity (Wildman–Crippen MR) is 81.0 cm³/mol. The summed E-state index contributed by atoms with van der Waals surface area (Å²) < 4.78 is 6.20. The van der Waals surface area contributed by atoms with E-state index in [1.807, 2.05) is 24.3 Å². The van der Waals surface area contributed by atoms with E-state index in [1.165, 1.54) is 0 Å². The van der Waals surface area contributed by atoms with Crippen molar-refractivity contribution in [1.82, 2.24) is 5.16 Å². The van der Waals surface area contributed by atoms with E-state index in [1.54, 1.807) is 6.07 Å². The van der Waals surface area contributed by atoms with Gasteiger partial charge in [0.1, 0.15) is 5.76 Å². The first-order chi connectivity index (χ1) is 10.1. The lowest BCUT2D eigenvalue weighted by Gasteiger charge is -2.04. The zero-order chi connectivity index (χ0) is 14.9.